The maximum Gasteiger partial charge on any atom is 0.233 e. The molecule has 1 heterocycles. The van der Waals surface area contributed by atoms with Crippen LogP contribution in [0, 0.1) is 0 Å². The Morgan fingerprint density at radius 2 is 1.71 bits per heavy atom. The molecule has 0 aromatic rings. The maximum absolute atomic E-state index is 11.8. The van der Waals surface area contributed by atoms with E-state index in [1.807, 2.05) is 0 Å². The molecule has 0 aliphatic carbocycles. The summed E-state index contributed by atoms with van der Waals surface area (Å²) in [6.07, 6.45) is 0. The van der Waals surface area contributed by atoms with E-state index in [4.69, 9.17) is 5.21 Å². The van der Waals surface area contributed by atoms with Gasteiger partial charge in [0, 0.05) is 33.1 Å². The van der Waals surface area contributed by atoms with Crippen LogP contribution in [-0.2, 0) is 9.59 Å². The predicted octanol–water partition coefficient (Wildman–Crippen LogP) is 0.218. The molecule has 0 radical (unpaired) electrons. The number of oxime groups is 1. The van der Waals surface area contributed by atoms with Crippen molar-refractivity contribution in [3.05, 3.63) is 0 Å². The van der Waals surface area contributed by atoms with Gasteiger partial charge in [0.1, 0.15) is 5.04 Å². The Morgan fingerprint density at radius 1 is 1.18 bits per heavy atom. The van der Waals surface area contributed by atoms with Crippen LogP contribution in [0.25, 0.3) is 0 Å². The lowest BCUT2D eigenvalue weighted by Crippen LogP contribution is -2.50. The van der Waals surface area contributed by atoms with Crippen LogP contribution in [0.5, 0.6) is 0 Å². The second-order valence-corrected chi connectivity index (χ2v) is 4.96. The molecule has 1 fully saturated rings. The Kier molecular flexibility index (Phi) is 5.27. The summed E-state index contributed by atoms with van der Waals surface area (Å²) in [7, 11) is 0. The summed E-state index contributed by atoms with van der Waals surface area (Å²) < 4.78 is 0. The van der Waals surface area contributed by atoms with Gasteiger partial charge in [0.2, 0.25) is 11.8 Å². The molecule has 0 aromatic heterocycles. The molecule has 1 aliphatic heterocycles. The lowest BCUT2D eigenvalue weighted by molar-refractivity contribution is -0.136. The molecule has 1 aliphatic rings. The van der Waals surface area contributed by atoms with Crippen LogP contribution in [0.4, 0.5) is 0 Å². The first-order valence-electron chi connectivity index (χ1n) is 5.39. The molecule has 1 rings (SSSR count). The van der Waals surface area contributed by atoms with Gasteiger partial charge in [0.25, 0.3) is 0 Å². The topological polar surface area (TPSA) is 73.2 Å². The molecule has 1 N–H and O–H groups in total. The fourth-order valence-electron chi connectivity index (χ4n) is 1.56. The Bertz CT molecular complexity index is 325. The molecular formula is C10H17N3O3S. The number of hydrogen-bond acceptors (Lipinski definition) is 5. The van der Waals surface area contributed by atoms with Gasteiger partial charge in [-0.05, 0) is 6.92 Å². The van der Waals surface area contributed by atoms with Gasteiger partial charge >= 0.3 is 0 Å². The molecule has 96 valence electrons. The van der Waals surface area contributed by atoms with E-state index in [-0.39, 0.29) is 17.6 Å². The molecule has 6 nitrogen and oxygen atoms in total. The number of carbonyl (C=O) groups excluding carboxylic acids is 2. The number of carbonyl (C=O) groups is 2. The van der Waals surface area contributed by atoms with Crippen molar-refractivity contribution in [3.63, 3.8) is 0 Å². The number of piperazine rings is 1. The second-order valence-electron chi connectivity index (χ2n) is 3.79. The Hall–Kier alpha value is -1.24. The van der Waals surface area contributed by atoms with Gasteiger partial charge in [-0.15, -0.1) is 0 Å². The van der Waals surface area contributed by atoms with Crippen molar-refractivity contribution >= 4 is 28.6 Å². The number of thioether (sulfide) groups is 1. The van der Waals surface area contributed by atoms with Gasteiger partial charge in [-0.3, -0.25) is 9.59 Å². The van der Waals surface area contributed by atoms with Crippen molar-refractivity contribution < 1.29 is 14.8 Å². The van der Waals surface area contributed by atoms with E-state index < -0.39 is 0 Å². The largest absolute Gasteiger partial charge is 0.410 e. The zero-order chi connectivity index (χ0) is 12.8. The highest BCUT2D eigenvalue weighted by Crippen LogP contribution is 2.08. The van der Waals surface area contributed by atoms with E-state index in [0.29, 0.717) is 31.2 Å². The van der Waals surface area contributed by atoms with Gasteiger partial charge < -0.3 is 15.0 Å². The Morgan fingerprint density at radius 3 is 2.18 bits per heavy atom. The SMILES string of the molecule is CC(=O)N1CCN(C(=O)CSC(C)=NO)CC1. The van der Waals surface area contributed by atoms with Crippen LogP contribution in [0.3, 0.4) is 0 Å². The lowest BCUT2D eigenvalue weighted by Gasteiger charge is -2.34. The monoisotopic (exact) mass is 259 g/mol. The first-order valence-corrected chi connectivity index (χ1v) is 6.38. The van der Waals surface area contributed by atoms with Crippen LogP contribution in [0.1, 0.15) is 13.8 Å². The van der Waals surface area contributed by atoms with Gasteiger partial charge in [-0.25, -0.2) is 0 Å². The van der Waals surface area contributed by atoms with E-state index in [1.165, 1.54) is 18.7 Å². The average molecular weight is 259 g/mol. The molecule has 0 saturated carbocycles. The summed E-state index contributed by atoms with van der Waals surface area (Å²) >= 11 is 1.21. The fourth-order valence-corrected chi connectivity index (χ4v) is 2.13. The summed E-state index contributed by atoms with van der Waals surface area (Å²) in [5.74, 6) is 0.339. The third-order valence-electron chi connectivity index (χ3n) is 2.62. The summed E-state index contributed by atoms with van der Waals surface area (Å²) in [5.41, 5.74) is 0. The maximum atomic E-state index is 11.8. The van der Waals surface area contributed by atoms with Crippen LogP contribution < -0.4 is 0 Å². The van der Waals surface area contributed by atoms with Crippen LogP contribution in [0.2, 0.25) is 0 Å². The van der Waals surface area contributed by atoms with Crippen molar-refractivity contribution in [1.29, 1.82) is 0 Å². The second kappa shape index (κ2) is 6.48. The highest BCUT2D eigenvalue weighted by molar-refractivity contribution is 8.14. The molecule has 0 atom stereocenters. The molecule has 2 amide bonds. The Balaban J connectivity index is 2.33. The normalized spacial score (nSPS) is 17.2. The molecular weight excluding hydrogens is 242 g/mol. The molecule has 17 heavy (non-hydrogen) atoms. The third kappa shape index (κ3) is 4.26. The smallest absolute Gasteiger partial charge is 0.233 e. The number of nitrogens with zero attached hydrogens (tertiary/aromatic N) is 3. The summed E-state index contributed by atoms with van der Waals surface area (Å²) in [5, 5.41) is 11.9. The van der Waals surface area contributed by atoms with Crippen molar-refractivity contribution in [2.24, 2.45) is 5.16 Å². The molecule has 0 unspecified atom stereocenters. The standard InChI is InChI=1S/C10H17N3O3S/c1-8(11-16)17-7-10(15)13-5-3-12(4-6-13)9(2)14/h16H,3-7H2,1-2H3. The highest BCUT2D eigenvalue weighted by Gasteiger charge is 2.22. The van der Waals surface area contributed by atoms with Gasteiger partial charge in [-0.1, -0.05) is 16.9 Å². The van der Waals surface area contributed by atoms with Crippen LogP contribution >= 0.6 is 11.8 Å². The average Bonchev–Trinajstić information content (AvgIpc) is 2.35. The zero-order valence-corrected chi connectivity index (χ0v) is 10.9. The molecule has 1 saturated heterocycles. The van der Waals surface area contributed by atoms with Gasteiger partial charge in [0.15, 0.2) is 0 Å². The third-order valence-corrected chi connectivity index (χ3v) is 3.51. The van der Waals surface area contributed by atoms with Crippen LogP contribution in [-0.4, -0.2) is 63.8 Å². The minimum atomic E-state index is 0.0150. The summed E-state index contributed by atoms with van der Waals surface area (Å²) in [4.78, 5) is 26.3. The predicted molar refractivity (Wildman–Crippen MR) is 66.2 cm³/mol. The lowest BCUT2D eigenvalue weighted by atomic mass is 10.3. The number of hydrogen-bond donors (Lipinski definition) is 1. The number of rotatable bonds is 2. The summed E-state index contributed by atoms with van der Waals surface area (Å²) in [6, 6.07) is 0. The molecule has 0 spiro atoms. The molecule has 7 heteroatoms. The van der Waals surface area contributed by atoms with Crippen molar-refractivity contribution in [2.45, 2.75) is 13.8 Å². The molecule has 0 bridgehead atoms. The summed E-state index contributed by atoms with van der Waals surface area (Å²) in [6.45, 7) is 5.53. The minimum Gasteiger partial charge on any atom is -0.410 e. The van der Waals surface area contributed by atoms with E-state index in [9.17, 15) is 9.59 Å². The van der Waals surface area contributed by atoms with Gasteiger partial charge in [0.05, 0.1) is 5.75 Å². The fraction of sp³-hybridized carbons (Fsp3) is 0.700. The van der Waals surface area contributed by atoms with E-state index in [1.54, 1.807) is 16.7 Å². The van der Waals surface area contributed by atoms with E-state index in [2.05, 4.69) is 5.16 Å². The first-order chi connectivity index (χ1) is 8.04. The van der Waals surface area contributed by atoms with Gasteiger partial charge in [-0.2, -0.15) is 0 Å². The highest BCUT2D eigenvalue weighted by atomic mass is 32.2. The van der Waals surface area contributed by atoms with Crippen molar-refractivity contribution in [1.82, 2.24) is 9.80 Å². The van der Waals surface area contributed by atoms with Crippen molar-refractivity contribution in [3.8, 4) is 0 Å². The first kappa shape index (κ1) is 13.8. The minimum absolute atomic E-state index is 0.0150. The zero-order valence-electron chi connectivity index (χ0n) is 10.0. The number of amides is 2. The molecule has 0 aromatic carbocycles. The Labute approximate surface area is 105 Å². The van der Waals surface area contributed by atoms with E-state index >= 15 is 0 Å². The van der Waals surface area contributed by atoms with E-state index in [0.717, 1.165) is 0 Å². The van der Waals surface area contributed by atoms with Crippen LogP contribution in [0.15, 0.2) is 5.16 Å². The van der Waals surface area contributed by atoms with Crippen molar-refractivity contribution in [2.75, 3.05) is 31.9 Å². The quantitative estimate of drug-likeness (QED) is 0.333.